The number of imide groups is 1. The van der Waals surface area contributed by atoms with Crippen LogP contribution in [0, 0.1) is 12.3 Å². The van der Waals surface area contributed by atoms with Gasteiger partial charge in [0.15, 0.2) is 0 Å². The zero-order valence-electron chi connectivity index (χ0n) is 9.80. The first-order valence-electron chi connectivity index (χ1n) is 5.31. The molecule has 90 valence electrons. The summed E-state index contributed by atoms with van der Waals surface area (Å²) in [6.07, 6.45) is 7.72. The Balaban J connectivity index is 3.64. The molecule has 3 amide bonds. The van der Waals surface area contributed by atoms with E-state index in [1.165, 1.54) is 7.05 Å². The first-order valence-corrected chi connectivity index (χ1v) is 5.31. The van der Waals surface area contributed by atoms with Gasteiger partial charge in [0.1, 0.15) is 0 Å². The van der Waals surface area contributed by atoms with Crippen molar-refractivity contribution in [3.8, 4) is 12.3 Å². The fraction of sp³-hybridized carbons (Fsp3) is 0.636. The second kappa shape index (κ2) is 8.74. The zero-order valence-corrected chi connectivity index (χ0v) is 9.80. The molecule has 0 spiro atoms. The van der Waals surface area contributed by atoms with Crippen molar-refractivity contribution in [2.75, 3.05) is 13.6 Å². The van der Waals surface area contributed by atoms with Crippen molar-refractivity contribution < 1.29 is 9.59 Å². The molecular formula is C11H19N3O2. The number of carbonyl (C=O) groups excluding carboxylic acids is 2. The molecule has 1 unspecified atom stereocenters. The highest BCUT2D eigenvalue weighted by Gasteiger charge is 2.13. The summed E-state index contributed by atoms with van der Waals surface area (Å²) in [7, 11) is 1.46. The van der Waals surface area contributed by atoms with E-state index in [1.807, 2.05) is 0 Å². The van der Waals surface area contributed by atoms with Crippen LogP contribution in [0.25, 0.3) is 0 Å². The van der Waals surface area contributed by atoms with Crippen LogP contribution in [0.1, 0.15) is 26.2 Å². The first kappa shape index (κ1) is 14.5. The molecule has 16 heavy (non-hydrogen) atoms. The van der Waals surface area contributed by atoms with Gasteiger partial charge in [0.2, 0.25) is 5.91 Å². The standard InChI is InChI=1S/C11H19N3O2/c1-4-5-6-7-8-13-9(2)10(15)14-11(16)12-3/h1,9,13H,5-8H2,2-3H3,(H2,12,14,15,16). The van der Waals surface area contributed by atoms with Crippen molar-refractivity contribution in [3.05, 3.63) is 0 Å². The van der Waals surface area contributed by atoms with E-state index in [-0.39, 0.29) is 11.9 Å². The lowest BCUT2D eigenvalue weighted by atomic mass is 10.2. The molecule has 0 aliphatic heterocycles. The van der Waals surface area contributed by atoms with E-state index < -0.39 is 6.03 Å². The Morgan fingerprint density at radius 2 is 2.06 bits per heavy atom. The SMILES string of the molecule is C#CCCCCNC(C)C(=O)NC(=O)NC. The monoisotopic (exact) mass is 225 g/mol. The second-order valence-electron chi connectivity index (χ2n) is 3.41. The van der Waals surface area contributed by atoms with E-state index in [9.17, 15) is 9.59 Å². The van der Waals surface area contributed by atoms with Gasteiger partial charge in [0, 0.05) is 13.5 Å². The lowest BCUT2D eigenvalue weighted by Gasteiger charge is -2.12. The average Bonchev–Trinajstić information content (AvgIpc) is 2.28. The molecule has 0 aliphatic rings. The van der Waals surface area contributed by atoms with E-state index >= 15 is 0 Å². The van der Waals surface area contributed by atoms with E-state index in [4.69, 9.17) is 6.42 Å². The van der Waals surface area contributed by atoms with Crippen molar-refractivity contribution in [1.29, 1.82) is 0 Å². The number of hydrogen-bond donors (Lipinski definition) is 3. The van der Waals surface area contributed by atoms with Gasteiger partial charge in [0.05, 0.1) is 6.04 Å². The largest absolute Gasteiger partial charge is 0.341 e. The molecule has 3 N–H and O–H groups in total. The quantitative estimate of drug-likeness (QED) is 0.447. The summed E-state index contributed by atoms with van der Waals surface area (Å²) < 4.78 is 0. The van der Waals surface area contributed by atoms with Crippen molar-refractivity contribution in [1.82, 2.24) is 16.0 Å². The fourth-order valence-corrected chi connectivity index (χ4v) is 1.05. The van der Waals surface area contributed by atoms with Gasteiger partial charge < -0.3 is 10.6 Å². The Morgan fingerprint density at radius 3 is 2.62 bits per heavy atom. The van der Waals surface area contributed by atoms with Crippen LogP contribution in [-0.4, -0.2) is 31.6 Å². The van der Waals surface area contributed by atoms with Gasteiger partial charge in [0.25, 0.3) is 0 Å². The van der Waals surface area contributed by atoms with Gasteiger partial charge >= 0.3 is 6.03 Å². The molecule has 0 radical (unpaired) electrons. The highest BCUT2D eigenvalue weighted by Crippen LogP contribution is 1.92. The number of rotatable bonds is 6. The molecule has 0 saturated carbocycles. The lowest BCUT2D eigenvalue weighted by Crippen LogP contribution is -2.47. The van der Waals surface area contributed by atoms with Crippen LogP contribution < -0.4 is 16.0 Å². The third-order valence-corrected chi connectivity index (χ3v) is 2.06. The normalized spacial score (nSPS) is 11.3. The molecule has 1 atom stereocenters. The lowest BCUT2D eigenvalue weighted by molar-refractivity contribution is -0.121. The van der Waals surface area contributed by atoms with E-state index in [1.54, 1.807) is 6.92 Å². The maximum atomic E-state index is 11.4. The van der Waals surface area contributed by atoms with Crippen molar-refractivity contribution >= 4 is 11.9 Å². The summed E-state index contributed by atoms with van der Waals surface area (Å²) in [6, 6.07) is -0.880. The van der Waals surface area contributed by atoms with Gasteiger partial charge in [-0.3, -0.25) is 10.1 Å². The maximum Gasteiger partial charge on any atom is 0.321 e. The molecule has 0 aromatic rings. The topological polar surface area (TPSA) is 70.2 Å². The number of urea groups is 1. The molecule has 5 nitrogen and oxygen atoms in total. The number of carbonyl (C=O) groups is 2. The number of amides is 3. The maximum absolute atomic E-state index is 11.4. The van der Waals surface area contributed by atoms with Crippen LogP contribution in [0.15, 0.2) is 0 Å². The Hall–Kier alpha value is -1.54. The Labute approximate surface area is 96.4 Å². The van der Waals surface area contributed by atoms with Crippen molar-refractivity contribution in [2.45, 2.75) is 32.2 Å². The number of hydrogen-bond acceptors (Lipinski definition) is 3. The third-order valence-electron chi connectivity index (χ3n) is 2.06. The average molecular weight is 225 g/mol. The Morgan fingerprint density at radius 1 is 1.38 bits per heavy atom. The first-order chi connectivity index (χ1) is 7.61. The molecule has 0 saturated heterocycles. The molecule has 0 aliphatic carbocycles. The smallest absolute Gasteiger partial charge is 0.321 e. The van der Waals surface area contributed by atoms with Crippen LogP contribution in [0.4, 0.5) is 4.79 Å². The van der Waals surface area contributed by atoms with Gasteiger partial charge in [-0.15, -0.1) is 12.3 Å². The molecule has 0 fully saturated rings. The van der Waals surface area contributed by atoms with E-state index in [2.05, 4.69) is 21.9 Å². The molecule has 0 aromatic heterocycles. The Kier molecular flexibility index (Phi) is 7.90. The summed E-state index contributed by atoms with van der Waals surface area (Å²) in [6.45, 7) is 2.42. The van der Waals surface area contributed by atoms with Crippen molar-refractivity contribution in [2.24, 2.45) is 0 Å². The molecule has 0 heterocycles. The molecular weight excluding hydrogens is 206 g/mol. The second-order valence-corrected chi connectivity index (χ2v) is 3.41. The minimum absolute atomic E-state index is 0.337. The fourth-order valence-electron chi connectivity index (χ4n) is 1.05. The van der Waals surface area contributed by atoms with E-state index in [0.717, 1.165) is 19.3 Å². The van der Waals surface area contributed by atoms with E-state index in [0.29, 0.717) is 6.54 Å². The third kappa shape index (κ3) is 6.85. The van der Waals surface area contributed by atoms with Gasteiger partial charge in [-0.2, -0.15) is 0 Å². The predicted octanol–water partition coefficient (Wildman–Crippen LogP) is 0.224. The van der Waals surface area contributed by atoms with Gasteiger partial charge in [-0.05, 0) is 26.3 Å². The summed E-state index contributed by atoms with van der Waals surface area (Å²) in [5, 5.41) is 7.52. The highest BCUT2D eigenvalue weighted by molar-refractivity contribution is 5.96. The summed E-state index contributed by atoms with van der Waals surface area (Å²) in [5.74, 6) is 2.22. The molecule has 0 bridgehead atoms. The highest BCUT2D eigenvalue weighted by atomic mass is 16.2. The molecule has 0 aromatic carbocycles. The van der Waals surface area contributed by atoms with Crippen LogP contribution in [-0.2, 0) is 4.79 Å². The predicted molar refractivity (Wildman–Crippen MR) is 62.7 cm³/mol. The van der Waals surface area contributed by atoms with Crippen LogP contribution in [0.5, 0.6) is 0 Å². The van der Waals surface area contributed by atoms with Crippen LogP contribution in [0.2, 0.25) is 0 Å². The van der Waals surface area contributed by atoms with Crippen LogP contribution in [0.3, 0.4) is 0 Å². The van der Waals surface area contributed by atoms with Gasteiger partial charge in [-0.1, -0.05) is 0 Å². The minimum atomic E-state index is -0.494. The summed E-state index contributed by atoms with van der Waals surface area (Å²) in [4.78, 5) is 22.2. The number of terminal acetylenes is 1. The summed E-state index contributed by atoms with van der Waals surface area (Å²) >= 11 is 0. The number of unbranched alkanes of at least 4 members (excludes halogenated alkanes) is 2. The zero-order chi connectivity index (χ0) is 12.4. The summed E-state index contributed by atoms with van der Waals surface area (Å²) in [5.41, 5.74) is 0. The van der Waals surface area contributed by atoms with Gasteiger partial charge in [-0.25, -0.2) is 4.79 Å². The minimum Gasteiger partial charge on any atom is -0.341 e. The van der Waals surface area contributed by atoms with Crippen molar-refractivity contribution in [3.63, 3.8) is 0 Å². The number of nitrogens with one attached hydrogen (secondary N) is 3. The van der Waals surface area contributed by atoms with Crippen LogP contribution >= 0.6 is 0 Å². The Bertz CT molecular complexity index is 271. The molecule has 5 heteroatoms. The molecule has 0 rings (SSSR count).